The van der Waals surface area contributed by atoms with Crippen LogP contribution in [0.1, 0.15) is 47.0 Å². The topological polar surface area (TPSA) is 57.5 Å². The highest BCUT2D eigenvalue weighted by Crippen LogP contribution is 2.59. The predicted molar refractivity (Wildman–Crippen MR) is 70.0 cm³/mol. The zero-order valence-corrected chi connectivity index (χ0v) is 11.7. The molecule has 2 rings (SSSR count). The number of carbonyl (C=O) groups excluding carboxylic acids is 1. The van der Waals surface area contributed by atoms with Crippen molar-refractivity contribution in [3.63, 3.8) is 0 Å². The van der Waals surface area contributed by atoms with E-state index in [9.17, 15) is 15.0 Å². The van der Waals surface area contributed by atoms with Crippen LogP contribution < -0.4 is 0 Å². The average Bonchev–Trinajstić information content (AvgIpc) is 2.51. The number of aliphatic hydroxyl groups is 2. The fraction of sp³-hybridized carbons (Fsp3) is 0.800. The Hall–Kier alpha value is -0.670. The van der Waals surface area contributed by atoms with Crippen molar-refractivity contribution in [3.8, 4) is 0 Å². The lowest BCUT2D eigenvalue weighted by Gasteiger charge is -2.51. The van der Waals surface area contributed by atoms with E-state index in [1.54, 1.807) is 6.92 Å². The van der Waals surface area contributed by atoms with Gasteiger partial charge in [-0.2, -0.15) is 0 Å². The smallest absolute Gasteiger partial charge is 0.145 e. The van der Waals surface area contributed by atoms with Gasteiger partial charge in [-0.1, -0.05) is 20.8 Å². The monoisotopic (exact) mass is 252 g/mol. The highest BCUT2D eigenvalue weighted by atomic mass is 16.3. The Kier molecular flexibility index (Phi) is 3.19. The molecule has 0 saturated heterocycles. The molecule has 4 atom stereocenters. The molecule has 2 saturated carbocycles. The highest BCUT2D eigenvalue weighted by Gasteiger charge is 2.56. The lowest BCUT2D eigenvalue weighted by molar-refractivity contribution is -0.105. The van der Waals surface area contributed by atoms with Crippen LogP contribution in [-0.2, 0) is 4.79 Å². The molecule has 2 fully saturated rings. The van der Waals surface area contributed by atoms with Gasteiger partial charge in [0.1, 0.15) is 6.29 Å². The Balaban J connectivity index is 2.31. The molecule has 0 amide bonds. The van der Waals surface area contributed by atoms with Gasteiger partial charge in [0, 0.05) is 0 Å². The van der Waals surface area contributed by atoms with Gasteiger partial charge in [-0.05, 0) is 54.1 Å². The van der Waals surface area contributed by atoms with Gasteiger partial charge >= 0.3 is 0 Å². The maximum atomic E-state index is 11.0. The minimum absolute atomic E-state index is 0.147. The number of aldehydes is 1. The number of aliphatic hydroxyl groups excluding tert-OH is 2. The summed E-state index contributed by atoms with van der Waals surface area (Å²) in [5.74, 6) is 0.154. The maximum absolute atomic E-state index is 11.0. The third-order valence-electron chi connectivity index (χ3n) is 4.98. The van der Waals surface area contributed by atoms with E-state index in [1.165, 1.54) is 0 Å². The number of allylic oxidation sites excluding steroid dienone is 1. The standard InChI is InChI=1S/C15H24O3/c1-9(8-16)13-12(18)7-15(13,4)10-5-14(2,3)6-11(10)17/h8,10-12,17-18H,5-7H2,1-4H3/b13-9-/t10?,11-,12-,15-/m1/s1. The van der Waals surface area contributed by atoms with Crippen molar-refractivity contribution in [2.24, 2.45) is 16.7 Å². The third-order valence-corrected chi connectivity index (χ3v) is 4.98. The molecule has 0 heterocycles. The van der Waals surface area contributed by atoms with E-state index in [-0.39, 0.29) is 22.9 Å². The van der Waals surface area contributed by atoms with Gasteiger partial charge < -0.3 is 10.2 Å². The normalized spacial score (nSPS) is 45.6. The van der Waals surface area contributed by atoms with Gasteiger partial charge in [-0.3, -0.25) is 4.79 Å². The van der Waals surface area contributed by atoms with Crippen molar-refractivity contribution in [2.45, 2.75) is 59.2 Å². The van der Waals surface area contributed by atoms with Crippen LogP contribution >= 0.6 is 0 Å². The SMILES string of the molecule is C/C(C=O)=C1\[C@H](O)C[C@]1(C)C1CC(C)(C)C[C@H]1O. The van der Waals surface area contributed by atoms with Gasteiger partial charge in [0.2, 0.25) is 0 Å². The lowest BCUT2D eigenvalue weighted by Crippen LogP contribution is -2.50. The molecule has 3 heteroatoms. The summed E-state index contributed by atoms with van der Waals surface area (Å²) in [7, 11) is 0. The van der Waals surface area contributed by atoms with E-state index in [0.717, 1.165) is 24.7 Å². The largest absolute Gasteiger partial charge is 0.393 e. The molecular weight excluding hydrogens is 228 g/mol. The first-order chi connectivity index (χ1) is 8.21. The van der Waals surface area contributed by atoms with E-state index in [0.29, 0.717) is 12.0 Å². The summed E-state index contributed by atoms with van der Waals surface area (Å²) in [6.07, 6.45) is 2.40. The molecule has 3 nitrogen and oxygen atoms in total. The molecule has 0 spiro atoms. The Labute approximate surface area is 109 Å². The third kappa shape index (κ3) is 1.94. The van der Waals surface area contributed by atoms with Crippen LogP contribution in [0.25, 0.3) is 0 Å². The molecule has 2 aliphatic rings. The molecule has 0 aromatic carbocycles. The first kappa shape index (κ1) is 13.8. The second-order valence-corrected chi connectivity index (χ2v) is 7.10. The van der Waals surface area contributed by atoms with E-state index in [2.05, 4.69) is 20.8 Å². The summed E-state index contributed by atoms with van der Waals surface area (Å²) < 4.78 is 0. The zero-order valence-electron chi connectivity index (χ0n) is 11.7. The fourth-order valence-electron chi connectivity index (χ4n) is 4.16. The molecule has 0 bridgehead atoms. The number of rotatable bonds is 2. The summed E-state index contributed by atoms with van der Waals surface area (Å²) in [5, 5.41) is 20.2. The summed E-state index contributed by atoms with van der Waals surface area (Å²) in [4.78, 5) is 11.0. The summed E-state index contributed by atoms with van der Waals surface area (Å²) in [5.41, 5.74) is 1.42. The van der Waals surface area contributed by atoms with Gasteiger partial charge in [0.15, 0.2) is 0 Å². The van der Waals surface area contributed by atoms with Crippen molar-refractivity contribution < 1.29 is 15.0 Å². The van der Waals surface area contributed by atoms with E-state index < -0.39 is 6.10 Å². The van der Waals surface area contributed by atoms with Gasteiger partial charge in [-0.15, -0.1) is 0 Å². The second kappa shape index (κ2) is 4.17. The quantitative estimate of drug-likeness (QED) is 0.584. The van der Waals surface area contributed by atoms with Crippen LogP contribution in [0.3, 0.4) is 0 Å². The van der Waals surface area contributed by atoms with Gasteiger partial charge in [-0.25, -0.2) is 0 Å². The minimum Gasteiger partial charge on any atom is -0.393 e. The lowest BCUT2D eigenvalue weighted by atomic mass is 9.55. The summed E-state index contributed by atoms with van der Waals surface area (Å²) in [6.45, 7) is 8.18. The van der Waals surface area contributed by atoms with E-state index >= 15 is 0 Å². The van der Waals surface area contributed by atoms with Crippen LogP contribution in [-0.4, -0.2) is 28.7 Å². The number of carbonyl (C=O) groups is 1. The molecule has 102 valence electrons. The van der Waals surface area contributed by atoms with Crippen molar-refractivity contribution in [2.75, 3.05) is 0 Å². The molecule has 2 aliphatic carbocycles. The molecule has 0 aliphatic heterocycles. The van der Waals surface area contributed by atoms with Gasteiger partial charge in [0.25, 0.3) is 0 Å². The predicted octanol–water partition coefficient (Wildman–Crippen LogP) is 2.07. The maximum Gasteiger partial charge on any atom is 0.145 e. The van der Waals surface area contributed by atoms with E-state index in [4.69, 9.17) is 0 Å². The van der Waals surface area contributed by atoms with Crippen molar-refractivity contribution in [1.82, 2.24) is 0 Å². The van der Waals surface area contributed by atoms with E-state index in [1.807, 2.05) is 0 Å². The molecule has 0 aromatic rings. The molecule has 0 radical (unpaired) electrons. The first-order valence-electron chi connectivity index (χ1n) is 6.74. The van der Waals surface area contributed by atoms with Crippen LogP contribution in [0.4, 0.5) is 0 Å². The summed E-state index contributed by atoms with van der Waals surface area (Å²) >= 11 is 0. The second-order valence-electron chi connectivity index (χ2n) is 7.10. The van der Waals surface area contributed by atoms with Crippen LogP contribution in [0.2, 0.25) is 0 Å². The number of hydrogen-bond acceptors (Lipinski definition) is 3. The average molecular weight is 252 g/mol. The zero-order chi connectivity index (χ0) is 13.7. The molecule has 2 N–H and O–H groups in total. The highest BCUT2D eigenvalue weighted by molar-refractivity contribution is 5.75. The van der Waals surface area contributed by atoms with Crippen molar-refractivity contribution >= 4 is 6.29 Å². The molecule has 18 heavy (non-hydrogen) atoms. The van der Waals surface area contributed by atoms with Crippen molar-refractivity contribution in [1.29, 1.82) is 0 Å². The Bertz CT molecular complexity index is 397. The van der Waals surface area contributed by atoms with Crippen LogP contribution in [0.5, 0.6) is 0 Å². The first-order valence-corrected chi connectivity index (χ1v) is 6.74. The van der Waals surface area contributed by atoms with Crippen LogP contribution in [0, 0.1) is 16.7 Å². The number of hydrogen-bond donors (Lipinski definition) is 2. The Morgan fingerprint density at radius 2 is 1.83 bits per heavy atom. The van der Waals surface area contributed by atoms with Crippen LogP contribution in [0.15, 0.2) is 11.1 Å². The van der Waals surface area contributed by atoms with Gasteiger partial charge in [0.05, 0.1) is 12.2 Å². The molecule has 1 unspecified atom stereocenters. The fourth-order valence-corrected chi connectivity index (χ4v) is 4.16. The van der Waals surface area contributed by atoms with Crippen molar-refractivity contribution in [3.05, 3.63) is 11.1 Å². The Morgan fingerprint density at radius 1 is 1.22 bits per heavy atom. The minimum atomic E-state index is -0.504. The molecule has 0 aromatic heterocycles. The Morgan fingerprint density at radius 3 is 2.22 bits per heavy atom. The summed E-state index contributed by atoms with van der Waals surface area (Å²) in [6, 6.07) is 0. The molecular formula is C15H24O3.